The van der Waals surface area contributed by atoms with Crippen LogP contribution in [-0.2, 0) is 38.1 Å². The lowest BCUT2D eigenvalue weighted by atomic mass is 9.79. The highest BCUT2D eigenvalue weighted by molar-refractivity contribution is 5.81. The Morgan fingerprint density at radius 1 is 0.947 bits per heavy atom. The number of esters is 2. The molecule has 0 amide bonds. The van der Waals surface area contributed by atoms with E-state index < -0.39 is 64.7 Å². The summed E-state index contributed by atoms with van der Waals surface area (Å²) in [4.78, 5) is 48.7. The van der Waals surface area contributed by atoms with Crippen molar-refractivity contribution in [2.45, 2.75) is 92.3 Å². The minimum absolute atomic E-state index is 0.0136. The van der Waals surface area contributed by atoms with E-state index in [0.717, 1.165) is 12.8 Å². The van der Waals surface area contributed by atoms with E-state index in [-0.39, 0.29) is 26.4 Å². The molecule has 2 fully saturated rings. The maximum atomic E-state index is 12.9. The minimum atomic E-state index is -0.995. The Morgan fingerprint density at radius 2 is 1.55 bits per heavy atom. The number of carboxylic acid groups (broad SMARTS) is 2. The van der Waals surface area contributed by atoms with E-state index in [4.69, 9.17) is 18.9 Å². The third-order valence-corrected chi connectivity index (χ3v) is 8.11. The average molecular weight is 543 g/mol. The summed E-state index contributed by atoms with van der Waals surface area (Å²) in [5.41, 5.74) is -1.26. The third kappa shape index (κ3) is 8.15. The van der Waals surface area contributed by atoms with Gasteiger partial charge in [-0.3, -0.25) is 19.2 Å². The highest BCUT2D eigenvalue weighted by Gasteiger charge is 2.44. The summed E-state index contributed by atoms with van der Waals surface area (Å²) in [7, 11) is 0. The predicted octanol–water partition coefficient (Wildman–Crippen LogP) is 4.29. The lowest BCUT2D eigenvalue weighted by Crippen LogP contribution is -2.51. The summed E-state index contributed by atoms with van der Waals surface area (Å²) in [6, 6.07) is 0. The monoisotopic (exact) mass is 542 g/mol. The summed E-state index contributed by atoms with van der Waals surface area (Å²) >= 11 is 0. The average Bonchev–Trinajstić information content (AvgIpc) is 2.90. The second-order valence-electron chi connectivity index (χ2n) is 11.6. The van der Waals surface area contributed by atoms with Crippen LogP contribution in [0, 0.1) is 34.5 Å². The van der Waals surface area contributed by atoms with Crippen LogP contribution < -0.4 is 0 Å². The number of carbonyl (C=O) groups is 4. The Hall–Kier alpha value is -2.20. The molecule has 1 aliphatic carbocycles. The summed E-state index contributed by atoms with van der Waals surface area (Å²) in [5.74, 6) is -5.80. The van der Waals surface area contributed by atoms with Gasteiger partial charge in [-0.25, -0.2) is 0 Å². The second-order valence-corrected chi connectivity index (χ2v) is 11.6. The van der Waals surface area contributed by atoms with E-state index in [0.29, 0.717) is 38.5 Å². The van der Waals surface area contributed by atoms with Gasteiger partial charge in [-0.1, -0.05) is 53.9 Å². The van der Waals surface area contributed by atoms with Gasteiger partial charge < -0.3 is 29.2 Å². The summed E-state index contributed by atoms with van der Waals surface area (Å²) < 4.78 is 23.3. The van der Waals surface area contributed by atoms with Crippen molar-refractivity contribution in [3.8, 4) is 0 Å². The molecule has 1 aliphatic heterocycles. The topological polar surface area (TPSA) is 146 Å². The number of hydrogen-bond donors (Lipinski definition) is 2. The lowest BCUT2D eigenvalue weighted by Gasteiger charge is -2.44. The molecular formula is C28H46O10. The van der Waals surface area contributed by atoms with Crippen molar-refractivity contribution in [1.82, 2.24) is 0 Å². The maximum Gasteiger partial charge on any atom is 0.309 e. The molecule has 4 atom stereocenters. The Labute approximate surface area is 225 Å². The molecule has 0 aromatic rings. The molecule has 2 aliphatic rings. The fourth-order valence-corrected chi connectivity index (χ4v) is 5.33. The maximum absolute atomic E-state index is 12.9. The molecule has 1 saturated heterocycles. The molecule has 2 N–H and O–H groups in total. The van der Waals surface area contributed by atoms with Crippen LogP contribution in [0.3, 0.4) is 0 Å². The molecule has 0 spiro atoms. The molecule has 1 heterocycles. The van der Waals surface area contributed by atoms with E-state index in [1.54, 1.807) is 6.92 Å². The second kappa shape index (κ2) is 14.3. The Morgan fingerprint density at radius 3 is 2.05 bits per heavy atom. The zero-order valence-electron chi connectivity index (χ0n) is 23.5. The van der Waals surface area contributed by atoms with E-state index in [1.807, 2.05) is 27.7 Å². The first-order valence-electron chi connectivity index (χ1n) is 13.9. The van der Waals surface area contributed by atoms with Gasteiger partial charge in [0.25, 0.3) is 0 Å². The molecule has 0 aromatic carbocycles. The standard InChI is InChI=1S/C28H46O10/c1-6-11-20(18(7-2)22(29)30)24(33)36-15-28(8-3)16-37-26(38-17-28)27(4,5)14-35-25(34)21-13-10-9-12-19(21)23(31)32/h18-21,26H,6-17H2,1-5H3,(H,29,30)(H,31,32). The fraction of sp³-hybridized carbons (Fsp3) is 0.857. The van der Waals surface area contributed by atoms with Crippen molar-refractivity contribution in [3.63, 3.8) is 0 Å². The number of carboxylic acids is 2. The molecular weight excluding hydrogens is 496 g/mol. The smallest absolute Gasteiger partial charge is 0.309 e. The van der Waals surface area contributed by atoms with Crippen LogP contribution in [-0.4, -0.2) is 66.8 Å². The van der Waals surface area contributed by atoms with Gasteiger partial charge >= 0.3 is 23.9 Å². The van der Waals surface area contributed by atoms with Gasteiger partial charge in [-0.15, -0.1) is 0 Å². The fourth-order valence-electron chi connectivity index (χ4n) is 5.33. The number of rotatable bonds is 14. The Balaban J connectivity index is 1.93. The largest absolute Gasteiger partial charge is 0.481 e. The van der Waals surface area contributed by atoms with Crippen LogP contribution in [0.2, 0.25) is 0 Å². The molecule has 10 heteroatoms. The van der Waals surface area contributed by atoms with Gasteiger partial charge in [0, 0.05) is 5.41 Å². The SMILES string of the molecule is CCCC(C(=O)OCC1(CC)COC(C(C)(C)COC(=O)C2CCCCC2C(=O)O)OC1)C(CC)C(=O)O. The van der Waals surface area contributed by atoms with Crippen LogP contribution in [0.5, 0.6) is 0 Å². The first kappa shape index (κ1) is 32.0. The Bertz CT molecular complexity index is 814. The van der Waals surface area contributed by atoms with Gasteiger partial charge in [-0.2, -0.15) is 0 Å². The van der Waals surface area contributed by atoms with Crippen molar-refractivity contribution in [2.75, 3.05) is 26.4 Å². The van der Waals surface area contributed by atoms with Crippen LogP contribution in [0.25, 0.3) is 0 Å². The molecule has 218 valence electrons. The molecule has 38 heavy (non-hydrogen) atoms. The van der Waals surface area contributed by atoms with Gasteiger partial charge in [0.15, 0.2) is 6.29 Å². The molecule has 0 radical (unpaired) electrons. The van der Waals surface area contributed by atoms with Crippen LogP contribution in [0.1, 0.15) is 86.0 Å². The van der Waals surface area contributed by atoms with E-state index in [9.17, 15) is 29.4 Å². The highest BCUT2D eigenvalue weighted by atomic mass is 16.7. The van der Waals surface area contributed by atoms with E-state index in [2.05, 4.69) is 0 Å². The molecule has 4 unspecified atom stereocenters. The van der Waals surface area contributed by atoms with Crippen molar-refractivity contribution in [3.05, 3.63) is 0 Å². The van der Waals surface area contributed by atoms with E-state index in [1.165, 1.54) is 0 Å². The van der Waals surface area contributed by atoms with Gasteiger partial charge in [-0.05, 0) is 32.1 Å². The van der Waals surface area contributed by atoms with Gasteiger partial charge in [0.2, 0.25) is 0 Å². The zero-order valence-corrected chi connectivity index (χ0v) is 23.5. The van der Waals surface area contributed by atoms with Crippen molar-refractivity contribution in [2.24, 2.45) is 34.5 Å². The van der Waals surface area contributed by atoms with Crippen LogP contribution >= 0.6 is 0 Å². The number of carbonyl (C=O) groups excluding carboxylic acids is 2. The first-order chi connectivity index (χ1) is 17.9. The number of aliphatic carboxylic acids is 2. The number of ether oxygens (including phenoxy) is 4. The minimum Gasteiger partial charge on any atom is -0.481 e. The molecule has 0 aromatic heterocycles. The third-order valence-electron chi connectivity index (χ3n) is 8.11. The zero-order chi connectivity index (χ0) is 28.5. The van der Waals surface area contributed by atoms with Crippen molar-refractivity contribution >= 4 is 23.9 Å². The molecule has 10 nitrogen and oxygen atoms in total. The predicted molar refractivity (Wildman–Crippen MR) is 137 cm³/mol. The highest BCUT2D eigenvalue weighted by Crippen LogP contribution is 2.37. The van der Waals surface area contributed by atoms with Gasteiger partial charge in [0.1, 0.15) is 13.2 Å². The van der Waals surface area contributed by atoms with Crippen LogP contribution in [0.4, 0.5) is 0 Å². The molecule has 2 rings (SSSR count). The quantitative estimate of drug-likeness (QED) is 0.305. The number of hydrogen-bond acceptors (Lipinski definition) is 8. The normalized spacial score (nSPS) is 27.7. The summed E-state index contributed by atoms with van der Waals surface area (Å²) in [6.45, 7) is 9.91. The molecule has 0 bridgehead atoms. The van der Waals surface area contributed by atoms with Crippen LogP contribution in [0.15, 0.2) is 0 Å². The summed E-state index contributed by atoms with van der Waals surface area (Å²) in [6.07, 6.45) is 4.00. The van der Waals surface area contributed by atoms with Gasteiger partial charge in [0.05, 0.1) is 42.3 Å². The van der Waals surface area contributed by atoms with Crippen molar-refractivity contribution in [1.29, 1.82) is 0 Å². The Kier molecular flexibility index (Phi) is 12.0. The molecule has 1 saturated carbocycles. The summed E-state index contributed by atoms with van der Waals surface area (Å²) in [5, 5.41) is 19.0. The first-order valence-corrected chi connectivity index (χ1v) is 13.9. The lowest BCUT2D eigenvalue weighted by molar-refractivity contribution is -0.281. The van der Waals surface area contributed by atoms with Crippen molar-refractivity contribution < 1.29 is 48.3 Å². The van der Waals surface area contributed by atoms with E-state index >= 15 is 0 Å².